The lowest BCUT2D eigenvalue weighted by Gasteiger charge is -2.03. The number of hydrogen-bond donors (Lipinski definition) is 2. The van der Waals surface area contributed by atoms with Crippen LogP contribution in [-0.2, 0) is 9.53 Å². The number of ether oxygens (including phenoxy) is 1. The Balaban J connectivity index is 3.81. The second kappa shape index (κ2) is 3.90. The number of carbonyl (C=O) groups is 1. The van der Waals surface area contributed by atoms with E-state index in [1.54, 1.807) is 6.92 Å². The third-order valence-electron chi connectivity index (χ3n) is 0.797. The summed E-state index contributed by atoms with van der Waals surface area (Å²) >= 11 is 0. The van der Waals surface area contributed by atoms with Crippen LogP contribution in [-0.4, -0.2) is 17.3 Å². The highest BCUT2D eigenvalue weighted by molar-refractivity contribution is 5.85. The van der Waals surface area contributed by atoms with Crippen molar-refractivity contribution >= 4 is 5.97 Å². The van der Waals surface area contributed by atoms with Gasteiger partial charge in [0.2, 0.25) is 0 Å². The molecule has 0 aliphatic heterocycles. The van der Waals surface area contributed by atoms with Gasteiger partial charge in [-0.2, -0.15) is 0 Å². The smallest absolute Gasteiger partial charge is 0.334 e. The Hall–Kier alpha value is -1.03. The maximum atomic E-state index is 10.1. The van der Waals surface area contributed by atoms with E-state index >= 15 is 0 Å². The number of carboxylic acid groups (broad SMARTS) is 1. The number of carboxylic acids is 1. The first-order valence-corrected chi connectivity index (χ1v) is 2.85. The summed E-state index contributed by atoms with van der Waals surface area (Å²) in [5, 5.41) is 8.31. The standard InChI is InChI=1S/C6H11NO3/c1-4(6(8)9)3-10-5(2)7/h3,5H,7H2,1-2H3,(H,8,9). The van der Waals surface area contributed by atoms with Crippen molar-refractivity contribution in [2.75, 3.05) is 0 Å². The minimum atomic E-state index is -0.999. The summed E-state index contributed by atoms with van der Waals surface area (Å²) in [6.45, 7) is 3.05. The zero-order valence-electron chi connectivity index (χ0n) is 6.00. The molecule has 0 bridgehead atoms. The summed E-state index contributed by atoms with van der Waals surface area (Å²) in [6.07, 6.45) is 0.668. The Morgan fingerprint density at radius 3 is 2.60 bits per heavy atom. The molecule has 0 fully saturated rings. The third kappa shape index (κ3) is 3.91. The van der Waals surface area contributed by atoms with Gasteiger partial charge in [-0.05, 0) is 13.8 Å². The first-order chi connectivity index (χ1) is 4.54. The van der Waals surface area contributed by atoms with E-state index in [0.29, 0.717) is 0 Å². The molecule has 0 amide bonds. The fourth-order valence-electron chi connectivity index (χ4n) is 0.260. The molecule has 4 heteroatoms. The SMILES string of the molecule is CC(=COC(C)N)C(=O)O. The van der Waals surface area contributed by atoms with Crippen molar-refractivity contribution in [1.82, 2.24) is 0 Å². The molecule has 0 aliphatic rings. The van der Waals surface area contributed by atoms with Crippen molar-refractivity contribution in [1.29, 1.82) is 0 Å². The van der Waals surface area contributed by atoms with E-state index in [1.165, 1.54) is 6.92 Å². The van der Waals surface area contributed by atoms with Crippen LogP contribution in [0, 0.1) is 0 Å². The summed E-state index contributed by atoms with van der Waals surface area (Å²) in [6, 6.07) is 0. The van der Waals surface area contributed by atoms with Crippen molar-refractivity contribution < 1.29 is 14.6 Å². The zero-order valence-corrected chi connectivity index (χ0v) is 6.00. The van der Waals surface area contributed by atoms with Gasteiger partial charge in [0, 0.05) is 0 Å². The van der Waals surface area contributed by atoms with Crippen LogP contribution in [0.2, 0.25) is 0 Å². The Morgan fingerprint density at radius 1 is 1.80 bits per heavy atom. The van der Waals surface area contributed by atoms with E-state index in [9.17, 15) is 4.79 Å². The summed E-state index contributed by atoms with van der Waals surface area (Å²) in [7, 11) is 0. The lowest BCUT2D eigenvalue weighted by molar-refractivity contribution is -0.132. The first kappa shape index (κ1) is 8.97. The second-order valence-corrected chi connectivity index (χ2v) is 1.95. The molecule has 10 heavy (non-hydrogen) atoms. The molecule has 0 aromatic rings. The van der Waals surface area contributed by atoms with Gasteiger partial charge in [-0.1, -0.05) is 0 Å². The molecule has 3 N–H and O–H groups in total. The predicted octanol–water partition coefficient (Wildman–Crippen LogP) is 0.296. The minimum absolute atomic E-state index is 0.136. The van der Waals surface area contributed by atoms with Crippen LogP contribution < -0.4 is 5.73 Å². The average Bonchev–Trinajstić information content (AvgIpc) is 1.82. The molecule has 0 aromatic heterocycles. The van der Waals surface area contributed by atoms with Crippen molar-refractivity contribution in [3.8, 4) is 0 Å². The molecule has 0 aromatic carbocycles. The minimum Gasteiger partial charge on any atom is -0.483 e. The Morgan fingerprint density at radius 2 is 2.30 bits per heavy atom. The molecule has 0 aliphatic carbocycles. The topological polar surface area (TPSA) is 72.5 Å². The fraction of sp³-hybridized carbons (Fsp3) is 0.500. The Labute approximate surface area is 59.3 Å². The maximum Gasteiger partial charge on any atom is 0.334 e. The molecule has 0 saturated heterocycles. The molecule has 0 radical (unpaired) electrons. The van der Waals surface area contributed by atoms with Gasteiger partial charge in [0.05, 0.1) is 11.8 Å². The monoisotopic (exact) mass is 145 g/mol. The number of hydrogen-bond acceptors (Lipinski definition) is 3. The van der Waals surface area contributed by atoms with Crippen LogP contribution in [0.4, 0.5) is 0 Å². The highest BCUT2D eigenvalue weighted by Gasteiger charge is 1.99. The summed E-state index contributed by atoms with van der Waals surface area (Å²) < 4.78 is 4.70. The van der Waals surface area contributed by atoms with Crippen LogP contribution in [0.15, 0.2) is 11.8 Å². The second-order valence-electron chi connectivity index (χ2n) is 1.95. The fourth-order valence-corrected chi connectivity index (χ4v) is 0.260. The lowest BCUT2D eigenvalue weighted by atomic mass is 10.3. The van der Waals surface area contributed by atoms with E-state index < -0.39 is 12.2 Å². The van der Waals surface area contributed by atoms with Crippen molar-refractivity contribution in [2.45, 2.75) is 20.1 Å². The Bertz CT molecular complexity index is 151. The largest absolute Gasteiger partial charge is 0.483 e. The summed E-state index contributed by atoms with van der Waals surface area (Å²) in [5.41, 5.74) is 5.32. The summed E-state index contributed by atoms with van der Waals surface area (Å²) in [4.78, 5) is 10.1. The van der Waals surface area contributed by atoms with Gasteiger partial charge < -0.3 is 9.84 Å². The van der Waals surface area contributed by atoms with E-state index in [4.69, 9.17) is 15.6 Å². The summed E-state index contributed by atoms with van der Waals surface area (Å²) in [5.74, 6) is -0.999. The van der Waals surface area contributed by atoms with Crippen LogP contribution in [0.3, 0.4) is 0 Å². The van der Waals surface area contributed by atoms with Crippen LogP contribution in [0.25, 0.3) is 0 Å². The molecule has 0 spiro atoms. The molecule has 0 rings (SSSR count). The van der Waals surface area contributed by atoms with Crippen LogP contribution in [0.1, 0.15) is 13.8 Å². The average molecular weight is 145 g/mol. The van der Waals surface area contributed by atoms with Crippen LogP contribution in [0.5, 0.6) is 0 Å². The molecule has 0 heterocycles. The maximum absolute atomic E-state index is 10.1. The molecule has 58 valence electrons. The number of rotatable bonds is 3. The number of nitrogens with two attached hydrogens (primary N) is 1. The quantitative estimate of drug-likeness (QED) is 0.340. The van der Waals surface area contributed by atoms with Gasteiger partial charge in [0.25, 0.3) is 0 Å². The highest BCUT2D eigenvalue weighted by Crippen LogP contribution is 1.93. The highest BCUT2D eigenvalue weighted by atomic mass is 16.5. The normalized spacial score (nSPS) is 14.5. The van der Waals surface area contributed by atoms with Gasteiger partial charge in [0.1, 0.15) is 6.23 Å². The number of aliphatic carboxylic acids is 1. The first-order valence-electron chi connectivity index (χ1n) is 2.85. The third-order valence-corrected chi connectivity index (χ3v) is 0.797. The van der Waals surface area contributed by atoms with Gasteiger partial charge in [-0.25, -0.2) is 4.79 Å². The molecular formula is C6H11NO3. The molecular weight excluding hydrogens is 134 g/mol. The zero-order chi connectivity index (χ0) is 8.15. The van der Waals surface area contributed by atoms with Gasteiger partial charge in [-0.3, -0.25) is 5.73 Å². The predicted molar refractivity (Wildman–Crippen MR) is 36.1 cm³/mol. The van der Waals surface area contributed by atoms with Gasteiger partial charge in [-0.15, -0.1) is 0 Å². The molecule has 1 unspecified atom stereocenters. The van der Waals surface area contributed by atoms with Crippen molar-refractivity contribution in [3.05, 3.63) is 11.8 Å². The van der Waals surface area contributed by atoms with Crippen molar-refractivity contribution in [3.63, 3.8) is 0 Å². The van der Waals surface area contributed by atoms with Crippen LogP contribution >= 0.6 is 0 Å². The van der Waals surface area contributed by atoms with E-state index in [1.807, 2.05) is 0 Å². The van der Waals surface area contributed by atoms with Gasteiger partial charge >= 0.3 is 5.97 Å². The van der Waals surface area contributed by atoms with Gasteiger partial charge in [0.15, 0.2) is 0 Å². The van der Waals surface area contributed by atoms with E-state index in [-0.39, 0.29) is 5.57 Å². The molecule has 0 saturated carbocycles. The lowest BCUT2D eigenvalue weighted by Crippen LogP contribution is -2.16. The molecule has 1 atom stereocenters. The molecule has 4 nitrogen and oxygen atoms in total. The van der Waals surface area contributed by atoms with E-state index in [0.717, 1.165) is 6.26 Å². The van der Waals surface area contributed by atoms with E-state index in [2.05, 4.69) is 0 Å². The van der Waals surface area contributed by atoms with Crippen molar-refractivity contribution in [2.24, 2.45) is 5.73 Å². The Kier molecular flexibility index (Phi) is 3.49.